The number of rotatable bonds is 3. The number of phenols is 1. The van der Waals surface area contributed by atoms with Crippen LogP contribution in [0.3, 0.4) is 0 Å². The Balaban J connectivity index is 2.44. The molecule has 0 saturated heterocycles. The molecule has 98 valence electrons. The lowest BCUT2D eigenvalue weighted by molar-refractivity contribution is 0.0593. The first-order valence-electron chi connectivity index (χ1n) is 5.43. The lowest BCUT2D eigenvalue weighted by Gasteiger charge is -2.07. The first-order valence-corrected chi connectivity index (χ1v) is 5.43. The van der Waals surface area contributed by atoms with Crippen LogP contribution in [0.2, 0.25) is 0 Å². The molecular formula is C13H12N2O4. The molecule has 0 fully saturated rings. The summed E-state index contributed by atoms with van der Waals surface area (Å²) < 4.78 is 9.57. The van der Waals surface area contributed by atoms with E-state index in [0.717, 1.165) is 0 Å². The molecule has 1 N–H and O–H groups in total. The summed E-state index contributed by atoms with van der Waals surface area (Å²) in [4.78, 5) is 19.4. The number of esters is 1. The number of aromatic hydroxyl groups is 1. The fourth-order valence-corrected chi connectivity index (χ4v) is 1.55. The SMILES string of the molecule is COC(=O)c1cncc(-c2ccc(OC)cc2O)n1. The van der Waals surface area contributed by atoms with Gasteiger partial charge in [-0.15, -0.1) is 0 Å². The number of carbonyl (C=O) groups is 1. The zero-order valence-corrected chi connectivity index (χ0v) is 10.5. The summed E-state index contributed by atoms with van der Waals surface area (Å²) in [5, 5.41) is 9.90. The molecule has 0 amide bonds. The van der Waals surface area contributed by atoms with E-state index in [1.165, 1.54) is 32.7 Å². The van der Waals surface area contributed by atoms with Crippen molar-refractivity contribution in [2.45, 2.75) is 0 Å². The summed E-state index contributed by atoms with van der Waals surface area (Å²) in [5.41, 5.74) is 0.914. The number of hydrogen-bond acceptors (Lipinski definition) is 6. The van der Waals surface area contributed by atoms with Crippen LogP contribution in [0.1, 0.15) is 10.5 Å². The predicted octanol–water partition coefficient (Wildman–Crippen LogP) is 1.64. The standard InChI is InChI=1S/C13H12N2O4/c1-18-8-3-4-9(12(16)5-8)10-6-14-7-11(15-10)13(17)19-2/h3-7,16H,1-2H3. The van der Waals surface area contributed by atoms with Gasteiger partial charge in [-0.25, -0.2) is 9.78 Å². The zero-order valence-electron chi connectivity index (χ0n) is 10.5. The maximum atomic E-state index is 11.4. The maximum absolute atomic E-state index is 11.4. The number of carbonyl (C=O) groups excluding carboxylic acids is 1. The minimum atomic E-state index is -0.581. The van der Waals surface area contributed by atoms with Crippen LogP contribution in [0, 0.1) is 0 Å². The molecule has 0 bridgehead atoms. The van der Waals surface area contributed by atoms with Gasteiger partial charge in [-0.3, -0.25) is 4.98 Å². The fourth-order valence-electron chi connectivity index (χ4n) is 1.55. The summed E-state index contributed by atoms with van der Waals surface area (Å²) >= 11 is 0. The molecule has 0 atom stereocenters. The van der Waals surface area contributed by atoms with Gasteiger partial charge in [-0.2, -0.15) is 0 Å². The van der Waals surface area contributed by atoms with Crippen LogP contribution in [-0.4, -0.2) is 35.3 Å². The molecule has 0 spiro atoms. The maximum Gasteiger partial charge on any atom is 0.358 e. The van der Waals surface area contributed by atoms with Crippen LogP contribution < -0.4 is 4.74 Å². The highest BCUT2D eigenvalue weighted by Crippen LogP contribution is 2.30. The number of methoxy groups -OCH3 is 2. The average molecular weight is 260 g/mol. The summed E-state index contributed by atoms with van der Waals surface area (Å²) in [6.07, 6.45) is 2.75. The van der Waals surface area contributed by atoms with Crippen molar-refractivity contribution in [1.82, 2.24) is 9.97 Å². The second-order valence-corrected chi connectivity index (χ2v) is 3.66. The Hall–Kier alpha value is -2.63. The average Bonchev–Trinajstić information content (AvgIpc) is 2.46. The number of nitrogens with zero attached hydrogens (tertiary/aromatic N) is 2. The van der Waals surface area contributed by atoms with Crippen LogP contribution >= 0.6 is 0 Å². The zero-order chi connectivity index (χ0) is 13.8. The van der Waals surface area contributed by atoms with E-state index < -0.39 is 5.97 Å². The monoisotopic (exact) mass is 260 g/mol. The summed E-state index contributed by atoms with van der Waals surface area (Å²) in [7, 11) is 2.77. The van der Waals surface area contributed by atoms with Crippen LogP contribution in [0.4, 0.5) is 0 Å². The molecule has 1 aromatic carbocycles. The number of benzene rings is 1. The quantitative estimate of drug-likeness (QED) is 0.845. The van der Waals surface area contributed by atoms with Gasteiger partial charge in [0, 0.05) is 11.6 Å². The van der Waals surface area contributed by atoms with E-state index in [-0.39, 0.29) is 11.4 Å². The molecule has 2 rings (SSSR count). The van der Waals surface area contributed by atoms with Gasteiger partial charge >= 0.3 is 5.97 Å². The van der Waals surface area contributed by atoms with E-state index in [9.17, 15) is 9.90 Å². The Morgan fingerprint density at radius 1 is 1.26 bits per heavy atom. The Bertz CT molecular complexity index is 613. The van der Waals surface area contributed by atoms with Gasteiger partial charge in [-0.1, -0.05) is 0 Å². The van der Waals surface area contributed by atoms with Gasteiger partial charge in [0.1, 0.15) is 11.5 Å². The summed E-state index contributed by atoms with van der Waals surface area (Å²) in [6.45, 7) is 0. The molecule has 1 heterocycles. The molecule has 6 heteroatoms. The van der Waals surface area contributed by atoms with Crippen molar-refractivity contribution in [2.75, 3.05) is 14.2 Å². The van der Waals surface area contributed by atoms with E-state index in [0.29, 0.717) is 17.0 Å². The van der Waals surface area contributed by atoms with Crippen molar-refractivity contribution >= 4 is 5.97 Å². The number of ether oxygens (including phenoxy) is 2. The van der Waals surface area contributed by atoms with Crippen LogP contribution in [0.15, 0.2) is 30.6 Å². The third-order valence-electron chi connectivity index (χ3n) is 2.51. The third-order valence-corrected chi connectivity index (χ3v) is 2.51. The van der Waals surface area contributed by atoms with Crippen molar-refractivity contribution in [3.8, 4) is 22.8 Å². The van der Waals surface area contributed by atoms with E-state index in [1.807, 2.05) is 0 Å². The highest BCUT2D eigenvalue weighted by atomic mass is 16.5. The van der Waals surface area contributed by atoms with Gasteiger partial charge in [0.2, 0.25) is 0 Å². The molecule has 6 nitrogen and oxygen atoms in total. The Morgan fingerprint density at radius 2 is 2.05 bits per heavy atom. The Kier molecular flexibility index (Phi) is 3.61. The molecule has 0 aliphatic heterocycles. The lowest BCUT2D eigenvalue weighted by atomic mass is 10.1. The molecule has 0 radical (unpaired) electrons. The first-order chi connectivity index (χ1) is 9.15. The van der Waals surface area contributed by atoms with Crippen LogP contribution in [-0.2, 0) is 4.74 Å². The normalized spacial score (nSPS) is 10.0. The van der Waals surface area contributed by atoms with Gasteiger partial charge < -0.3 is 14.6 Å². The van der Waals surface area contributed by atoms with Crippen molar-refractivity contribution in [3.63, 3.8) is 0 Å². The van der Waals surface area contributed by atoms with Gasteiger partial charge in [0.25, 0.3) is 0 Å². The van der Waals surface area contributed by atoms with E-state index in [1.54, 1.807) is 12.1 Å². The molecular weight excluding hydrogens is 248 g/mol. The fraction of sp³-hybridized carbons (Fsp3) is 0.154. The lowest BCUT2D eigenvalue weighted by Crippen LogP contribution is -2.05. The van der Waals surface area contributed by atoms with Crippen molar-refractivity contribution in [3.05, 3.63) is 36.3 Å². The number of phenolic OH excluding ortho intramolecular Hbond substituents is 1. The molecule has 0 aliphatic carbocycles. The second-order valence-electron chi connectivity index (χ2n) is 3.66. The van der Waals surface area contributed by atoms with Crippen molar-refractivity contribution < 1.29 is 19.4 Å². The largest absolute Gasteiger partial charge is 0.507 e. The highest BCUT2D eigenvalue weighted by molar-refractivity contribution is 5.87. The van der Waals surface area contributed by atoms with Gasteiger partial charge in [0.05, 0.1) is 32.3 Å². The molecule has 19 heavy (non-hydrogen) atoms. The van der Waals surface area contributed by atoms with Crippen molar-refractivity contribution in [2.24, 2.45) is 0 Å². The first kappa shape index (κ1) is 12.8. The minimum absolute atomic E-state index is 0.00401. The Labute approximate surface area is 109 Å². The molecule has 2 aromatic rings. The number of aromatic nitrogens is 2. The van der Waals surface area contributed by atoms with Gasteiger partial charge in [0.15, 0.2) is 5.69 Å². The van der Waals surface area contributed by atoms with Gasteiger partial charge in [-0.05, 0) is 12.1 Å². The molecule has 0 saturated carbocycles. The number of hydrogen-bond donors (Lipinski definition) is 1. The van der Waals surface area contributed by atoms with Crippen LogP contribution in [0.5, 0.6) is 11.5 Å². The minimum Gasteiger partial charge on any atom is -0.507 e. The smallest absolute Gasteiger partial charge is 0.358 e. The molecule has 0 aliphatic rings. The van der Waals surface area contributed by atoms with E-state index in [4.69, 9.17) is 4.74 Å². The summed E-state index contributed by atoms with van der Waals surface area (Å²) in [6, 6.07) is 4.78. The Morgan fingerprint density at radius 3 is 2.68 bits per heavy atom. The van der Waals surface area contributed by atoms with E-state index in [2.05, 4.69) is 14.7 Å². The molecule has 1 aromatic heterocycles. The van der Waals surface area contributed by atoms with E-state index >= 15 is 0 Å². The van der Waals surface area contributed by atoms with Crippen molar-refractivity contribution in [1.29, 1.82) is 0 Å². The summed E-state index contributed by atoms with van der Waals surface area (Å²) in [5.74, 6) is -0.0589. The second kappa shape index (κ2) is 5.34. The third kappa shape index (κ3) is 2.62. The van der Waals surface area contributed by atoms with Crippen LogP contribution in [0.25, 0.3) is 11.3 Å². The predicted molar refractivity (Wildman–Crippen MR) is 67.0 cm³/mol. The highest BCUT2D eigenvalue weighted by Gasteiger charge is 2.12. The molecule has 0 unspecified atom stereocenters. The topological polar surface area (TPSA) is 81.5 Å².